The van der Waals surface area contributed by atoms with Crippen LogP contribution in [0.5, 0.6) is 0 Å². The number of hydrogen-bond acceptors (Lipinski definition) is 10. The average Bonchev–Trinajstić information content (AvgIpc) is 2.68. The maximum Gasteiger partial charge on any atom is 0.186 e. The molecule has 2 heterocycles. The number of aliphatic hydroxyl groups is 6. The summed E-state index contributed by atoms with van der Waals surface area (Å²) >= 11 is 0. The van der Waals surface area contributed by atoms with Gasteiger partial charge in [0.2, 0.25) is 0 Å². The SMILES string of the molecule is CCC=CCCOC1OC(COC2OC(C)C(O)C(O)C2O)C(O)C(O)C1O. The van der Waals surface area contributed by atoms with Crippen molar-refractivity contribution in [2.45, 2.75) is 88.1 Å². The van der Waals surface area contributed by atoms with E-state index in [0.29, 0.717) is 6.42 Å². The number of allylic oxidation sites excluding steroid dienone is 1. The van der Waals surface area contributed by atoms with E-state index in [-0.39, 0.29) is 13.2 Å². The predicted octanol–water partition coefficient (Wildman–Crippen LogP) is -1.99. The predicted molar refractivity (Wildman–Crippen MR) is 95.0 cm³/mol. The molecule has 0 aromatic heterocycles. The van der Waals surface area contributed by atoms with Crippen molar-refractivity contribution in [1.82, 2.24) is 0 Å². The minimum atomic E-state index is -1.51. The number of hydrogen-bond donors (Lipinski definition) is 6. The summed E-state index contributed by atoms with van der Waals surface area (Å²) in [6, 6.07) is 0. The van der Waals surface area contributed by atoms with Crippen LogP contribution in [0.15, 0.2) is 12.2 Å². The third kappa shape index (κ3) is 5.70. The number of rotatable bonds is 8. The van der Waals surface area contributed by atoms with Gasteiger partial charge in [0.1, 0.15) is 42.7 Å². The topological polar surface area (TPSA) is 158 Å². The maximum atomic E-state index is 10.1. The lowest BCUT2D eigenvalue weighted by atomic mass is 9.98. The summed E-state index contributed by atoms with van der Waals surface area (Å²) in [7, 11) is 0. The first-order chi connectivity index (χ1) is 13.3. The largest absolute Gasteiger partial charge is 0.388 e. The van der Waals surface area contributed by atoms with Crippen molar-refractivity contribution in [2.24, 2.45) is 0 Å². The van der Waals surface area contributed by atoms with Gasteiger partial charge in [-0.25, -0.2) is 0 Å². The van der Waals surface area contributed by atoms with Crippen molar-refractivity contribution in [3.8, 4) is 0 Å². The standard InChI is InChI=1S/C18H32O10/c1-3-4-5-6-7-25-17-16(24)14(22)12(20)10(28-17)8-26-18-15(23)13(21)11(19)9(2)27-18/h4-5,9-24H,3,6-8H2,1-2H3. The van der Waals surface area contributed by atoms with Crippen LogP contribution in [0.3, 0.4) is 0 Å². The Bertz CT molecular complexity index is 489. The third-order valence-corrected chi connectivity index (χ3v) is 4.87. The Balaban J connectivity index is 1.89. The van der Waals surface area contributed by atoms with E-state index < -0.39 is 61.4 Å². The minimum absolute atomic E-state index is 0.251. The van der Waals surface area contributed by atoms with Crippen molar-refractivity contribution in [3.63, 3.8) is 0 Å². The Morgan fingerprint density at radius 1 is 0.750 bits per heavy atom. The van der Waals surface area contributed by atoms with Gasteiger partial charge < -0.3 is 49.6 Å². The summed E-state index contributed by atoms with van der Waals surface area (Å²) in [6.07, 6.45) is -7.49. The maximum absolute atomic E-state index is 10.1. The fourth-order valence-corrected chi connectivity index (χ4v) is 3.07. The van der Waals surface area contributed by atoms with E-state index in [1.807, 2.05) is 19.1 Å². The molecule has 10 nitrogen and oxygen atoms in total. The summed E-state index contributed by atoms with van der Waals surface area (Å²) < 4.78 is 21.7. The summed E-state index contributed by atoms with van der Waals surface area (Å²) in [4.78, 5) is 0. The van der Waals surface area contributed by atoms with Crippen molar-refractivity contribution < 1.29 is 49.6 Å². The Hall–Kier alpha value is -0.660. The summed E-state index contributed by atoms with van der Waals surface area (Å²) in [5.74, 6) is 0. The van der Waals surface area contributed by atoms with Gasteiger partial charge >= 0.3 is 0 Å². The molecule has 2 saturated heterocycles. The van der Waals surface area contributed by atoms with E-state index in [4.69, 9.17) is 18.9 Å². The molecule has 10 atom stereocenters. The van der Waals surface area contributed by atoms with Crippen LogP contribution in [0.2, 0.25) is 0 Å². The van der Waals surface area contributed by atoms with E-state index in [9.17, 15) is 30.6 Å². The molecule has 10 heteroatoms. The van der Waals surface area contributed by atoms with Gasteiger partial charge in [-0.1, -0.05) is 19.1 Å². The summed E-state index contributed by atoms with van der Waals surface area (Å²) in [5, 5.41) is 59.7. The zero-order valence-electron chi connectivity index (χ0n) is 16.1. The van der Waals surface area contributed by atoms with Crippen LogP contribution < -0.4 is 0 Å². The molecule has 0 aromatic carbocycles. The zero-order valence-corrected chi connectivity index (χ0v) is 16.1. The molecule has 0 radical (unpaired) electrons. The van der Waals surface area contributed by atoms with Gasteiger partial charge in [0.25, 0.3) is 0 Å². The summed E-state index contributed by atoms with van der Waals surface area (Å²) in [5.41, 5.74) is 0. The molecule has 2 aliphatic rings. The van der Waals surface area contributed by atoms with Gasteiger partial charge in [-0.2, -0.15) is 0 Å². The Kier molecular flexibility index (Phi) is 9.22. The van der Waals surface area contributed by atoms with Gasteiger partial charge in [-0.3, -0.25) is 0 Å². The lowest BCUT2D eigenvalue weighted by molar-refractivity contribution is -0.327. The van der Waals surface area contributed by atoms with Crippen LogP contribution in [0.1, 0.15) is 26.7 Å². The van der Waals surface area contributed by atoms with Crippen molar-refractivity contribution in [2.75, 3.05) is 13.2 Å². The zero-order chi connectivity index (χ0) is 20.8. The van der Waals surface area contributed by atoms with E-state index in [0.717, 1.165) is 6.42 Å². The molecule has 0 bridgehead atoms. The molecule has 0 saturated carbocycles. The van der Waals surface area contributed by atoms with Crippen LogP contribution in [0, 0.1) is 0 Å². The molecule has 6 N–H and O–H groups in total. The highest BCUT2D eigenvalue weighted by Crippen LogP contribution is 2.25. The van der Waals surface area contributed by atoms with Gasteiger partial charge in [0, 0.05) is 0 Å². The Morgan fingerprint density at radius 2 is 1.36 bits per heavy atom. The highest BCUT2D eigenvalue weighted by atomic mass is 16.7. The second-order valence-electron chi connectivity index (χ2n) is 7.07. The number of ether oxygens (including phenoxy) is 4. The second kappa shape index (κ2) is 10.9. The fraction of sp³-hybridized carbons (Fsp3) is 0.889. The first-order valence-corrected chi connectivity index (χ1v) is 9.55. The smallest absolute Gasteiger partial charge is 0.186 e. The third-order valence-electron chi connectivity index (χ3n) is 4.87. The minimum Gasteiger partial charge on any atom is -0.388 e. The highest BCUT2D eigenvalue weighted by molar-refractivity contribution is 4.91. The van der Waals surface area contributed by atoms with Gasteiger partial charge in [0.15, 0.2) is 12.6 Å². The molecule has 28 heavy (non-hydrogen) atoms. The average molecular weight is 408 g/mol. The van der Waals surface area contributed by atoms with Crippen LogP contribution in [-0.2, 0) is 18.9 Å². The van der Waals surface area contributed by atoms with Crippen LogP contribution in [0.4, 0.5) is 0 Å². The van der Waals surface area contributed by atoms with Gasteiger partial charge in [-0.15, -0.1) is 0 Å². The van der Waals surface area contributed by atoms with Crippen molar-refractivity contribution >= 4 is 0 Å². The molecule has 2 aliphatic heterocycles. The van der Waals surface area contributed by atoms with E-state index >= 15 is 0 Å². The summed E-state index contributed by atoms with van der Waals surface area (Å²) in [6.45, 7) is 3.46. The molecule has 0 aliphatic carbocycles. The van der Waals surface area contributed by atoms with Crippen LogP contribution in [-0.4, -0.2) is 105 Å². The molecule has 2 rings (SSSR count). The second-order valence-corrected chi connectivity index (χ2v) is 7.07. The van der Waals surface area contributed by atoms with Crippen LogP contribution in [0.25, 0.3) is 0 Å². The van der Waals surface area contributed by atoms with Crippen molar-refractivity contribution in [1.29, 1.82) is 0 Å². The lowest BCUT2D eigenvalue weighted by Gasteiger charge is -2.42. The molecule has 0 spiro atoms. The van der Waals surface area contributed by atoms with E-state index in [1.54, 1.807) is 0 Å². The van der Waals surface area contributed by atoms with Crippen LogP contribution >= 0.6 is 0 Å². The van der Waals surface area contributed by atoms with Crippen molar-refractivity contribution in [3.05, 3.63) is 12.2 Å². The monoisotopic (exact) mass is 408 g/mol. The lowest BCUT2D eigenvalue weighted by Crippen LogP contribution is -2.61. The Morgan fingerprint density at radius 3 is 2.00 bits per heavy atom. The van der Waals surface area contributed by atoms with Gasteiger partial charge in [-0.05, 0) is 19.8 Å². The molecule has 2 fully saturated rings. The normalized spacial score (nSPS) is 44.9. The first-order valence-electron chi connectivity index (χ1n) is 9.55. The quantitative estimate of drug-likeness (QED) is 0.196. The number of aliphatic hydroxyl groups excluding tert-OH is 6. The highest BCUT2D eigenvalue weighted by Gasteiger charge is 2.46. The fourth-order valence-electron chi connectivity index (χ4n) is 3.07. The van der Waals surface area contributed by atoms with Gasteiger partial charge in [0.05, 0.1) is 19.3 Å². The molecule has 10 unspecified atom stereocenters. The molecular weight excluding hydrogens is 376 g/mol. The molecular formula is C18H32O10. The van der Waals surface area contributed by atoms with E-state index in [1.165, 1.54) is 6.92 Å². The van der Waals surface area contributed by atoms with E-state index in [2.05, 4.69) is 0 Å². The molecule has 164 valence electrons. The first kappa shape index (κ1) is 23.6. The Labute approximate surface area is 163 Å². The molecule has 0 amide bonds. The molecule has 0 aromatic rings.